The van der Waals surface area contributed by atoms with Gasteiger partial charge in [0.15, 0.2) is 0 Å². The van der Waals surface area contributed by atoms with Crippen molar-refractivity contribution in [1.29, 1.82) is 0 Å². The van der Waals surface area contributed by atoms with Crippen LogP contribution < -0.4 is 10.6 Å². The molecule has 0 aliphatic carbocycles. The Bertz CT molecular complexity index is 948. The van der Waals surface area contributed by atoms with Gasteiger partial charge in [-0.3, -0.25) is 9.89 Å². The Labute approximate surface area is 157 Å². The highest BCUT2D eigenvalue weighted by molar-refractivity contribution is 6.31. The molecule has 1 amide bonds. The van der Waals surface area contributed by atoms with E-state index < -0.39 is 0 Å². The van der Waals surface area contributed by atoms with Crippen molar-refractivity contribution in [2.45, 2.75) is 31.8 Å². The second-order valence-corrected chi connectivity index (χ2v) is 7.08. The maximum atomic E-state index is 12.9. The molecule has 2 aromatic carbocycles. The van der Waals surface area contributed by atoms with Crippen LogP contribution in [0.1, 0.15) is 41.0 Å². The predicted molar refractivity (Wildman–Crippen MR) is 104 cm³/mol. The number of aromatic amines is 1. The van der Waals surface area contributed by atoms with Gasteiger partial charge in [-0.25, -0.2) is 0 Å². The van der Waals surface area contributed by atoms with Gasteiger partial charge in [0.2, 0.25) is 0 Å². The highest BCUT2D eigenvalue weighted by atomic mass is 35.5. The smallest absolute Gasteiger partial charge is 0.251 e. The largest absolute Gasteiger partial charge is 0.345 e. The second-order valence-electron chi connectivity index (χ2n) is 6.68. The Morgan fingerprint density at radius 3 is 2.88 bits per heavy atom. The summed E-state index contributed by atoms with van der Waals surface area (Å²) in [5.74, 6) is -0.0966. The summed E-state index contributed by atoms with van der Waals surface area (Å²) < 4.78 is 0. The topological polar surface area (TPSA) is 79.7 Å². The number of carbonyl (C=O) groups excluding carboxylic acids is 1. The van der Waals surface area contributed by atoms with Crippen LogP contribution in [0.4, 0.5) is 0 Å². The fourth-order valence-corrected chi connectivity index (χ4v) is 3.54. The third-order valence-electron chi connectivity index (χ3n) is 4.85. The summed E-state index contributed by atoms with van der Waals surface area (Å²) in [5, 5.41) is 15.4. The van der Waals surface area contributed by atoms with Crippen LogP contribution in [0.3, 0.4) is 0 Å². The first-order valence-electron chi connectivity index (χ1n) is 8.91. The van der Waals surface area contributed by atoms with Crippen molar-refractivity contribution in [2.75, 3.05) is 6.54 Å². The Balaban J connectivity index is 1.60. The fourth-order valence-electron chi connectivity index (χ4n) is 3.27. The van der Waals surface area contributed by atoms with Crippen LogP contribution in [-0.4, -0.2) is 28.7 Å². The maximum absolute atomic E-state index is 12.9. The van der Waals surface area contributed by atoms with Crippen LogP contribution in [0, 0.1) is 0 Å². The number of benzene rings is 2. The van der Waals surface area contributed by atoms with Gasteiger partial charge in [-0.2, -0.15) is 5.10 Å². The zero-order chi connectivity index (χ0) is 18.1. The fraction of sp³-hybridized carbons (Fsp3) is 0.300. The molecular weight excluding hydrogens is 348 g/mol. The molecule has 0 spiro atoms. The van der Waals surface area contributed by atoms with Crippen LogP contribution in [-0.2, 0) is 6.42 Å². The Morgan fingerprint density at radius 1 is 1.35 bits per heavy atom. The molecule has 6 heteroatoms. The number of nitrogens with one attached hydrogen (secondary N) is 3. The number of carbonyl (C=O) groups is 1. The molecule has 0 saturated carbocycles. The van der Waals surface area contributed by atoms with Crippen LogP contribution in [0.25, 0.3) is 10.9 Å². The molecule has 0 bridgehead atoms. The summed E-state index contributed by atoms with van der Waals surface area (Å²) in [7, 11) is 0. The Kier molecular flexibility index (Phi) is 4.66. The molecule has 1 aromatic heterocycles. The SMILES string of the molecule is CCc1[nH]nc2ccc(C(=O)NC(CC3CN3)c3ccccc3Cl)cc12. The minimum absolute atomic E-state index is 0.0966. The van der Waals surface area contributed by atoms with Gasteiger partial charge in [0.25, 0.3) is 5.91 Å². The lowest BCUT2D eigenvalue weighted by Gasteiger charge is -2.20. The number of halogens is 1. The number of fused-ring (bicyclic) bond motifs is 1. The minimum atomic E-state index is -0.123. The Hall–Kier alpha value is -2.37. The molecule has 2 heterocycles. The average Bonchev–Trinajstić information content (AvgIpc) is 3.37. The van der Waals surface area contributed by atoms with E-state index in [0.717, 1.165) is 41.5 Å². The summed E-state index contributed by atoms with van der Waals surface area (Å²) in [6, 6.07) is 13.6. The summed E-state index contributed by atoms with van der Waals surface area (Å²) in [5.41, 5.74) is 3.51. The van der Waals surface area contributed by atoms with Gasteiger partial charge < -0.3 is 10.6 Å². The third-order valence-corrected chi connectivity index (χ3v) is 5.19. The van der Waals surface area contributed by atoms with E-state index >= 15 is 0 Å². The zero-order valence-corrected chi connectivity index (χ0v) is 15.3. The predicted octanol–water partition coefficient (Wildman–Crippen LogP) is 3.61. The first-order chi connectivity index (χ1) is 12.7. The van der Waals surface area contributed by atoms with E-state index in [1.54, 1.807) is 0 Å². The number of nitrogens with zero attached hydrogens (tertiary/aromatic N) is 1. The quantitative estimate of drug-likeness (QED) is 0.581. The zero-order valence-electron chi connectivity index (χ0n) is 14.6. The molecule has 1 fully saturated rings. The van der Waals surface area contributed by atoms with E-state index in [9.17, 15) is 4.79 Å². The number of amides is 1. The molecular formula is C20H21ClN4O. The normalized spacial score (nSPS) is 17.2. The van der Waals surface area contributed by atoms with E-state index in [1.165, 1.54) is 0 Å². The minimum Gasteiger partial charge on any atom is -0.345 e. The molecule has 2 atom stereocenters. The molecule has 2 unspecified atom stereocenters. The van der Waals surface area contributed by atoms with Crippen LogP contribution >= 0.6 is 11.6 Å². The van der Waals surface area contributed by atoms with E-state index in [2.05, 4.69) is 27.8 Å². The van der Waals surface area contributed by atoms with E-state index in [0.29, 0.717) is 16.6 Å². The van der Waals surface area contributed by atoms with Crippen LogP contribution in [0.2, 0.25) is 5.02 Å². The van der Waals surface area contributed by atoms with Crippen molar-refractivity contribution < 1.29 is 4.79 Å². The highest BCUT2D eigenvalue weighted by Crippen LogP contribution is 2.28. The van der Waals surface area contributed by atoms with Gasteiger partial charge >= 0.3 is 0 Å². The van der Waals surface area contributed by atoms with Crippen molar-refractivity contribution >= 4 is 28.4 Å². The highest BCUT2D eigenvalue weighted by Gasteiger charge is 2.28. The molecule has 1 aliphatic heterocycles. The number of rotatable bonds is 6. The summed E-state index contributed by atoms with van der Waals surface area (Å²) in [6.45, 7) is 3.05. The standard InChI is InChI=1S/C20H21ClN4O/c1-2-17-15-9-12(7-8-18(15)25-24-17)20(26)23-19(10-13-11-22-13)14-5-3-4-6-16(14)21/h3-9,13,19,22H,2,10-11H2,1H3,(H,23,26)(H,24,25). The maximum Gasteiger partial charge on any atom is 0.251 e. The summed E-state index contributed by atoms with van der Waals surface area (Å²) in [6.07, 6.45) is 1.67. The first-order valence-corrected chi connectivity index (χ1v) is 9.29. The van der Waals surface area contributed by atoms with E-state index in [1.807, 2.05) is 42.5 Å². The van der Waals surface area contributed by atoms with Gasteiger partial charge in [0.1, 0.15) is 0 Å². The molecule has 26 heavy (non-hydrogen) atoms. The number of hydrogen-bond acceptors (Lipinski definition) is 3. The van der Waals surface area contributed by atoms with Crippen molar-refractivity contribution in [2.24, 2.45) is 0 Å². The lowest BCUT2D eigenvalue weighted by Crippen LogP contribution is -2.30. The number of hydrogen-bond donors (Lipinski definition) is 3. The summed E-state index contributed by atoms with van der Waals surface area (Å²) in [4.78, 5) is 12.9. The number of aromatic nitrogens is 2. The van der Waals surface area contributed by atoms with Crippen molar-refractivity contribution in [3.8, 4) is 0 Å². The third kappa shape index (κ3) is 3.45. The van der Waals surface area contributed by atoms with Crippen molar-refractivity contribution in [3.05, 3.63) is 64.3 Å². The molecule has 134 valence electrons. The van der Waals surface area contributed by atoms with Crippen molar-refractivity contribution in [1.82, 2.24) is 20.8 Å². The molecule has 1 aliphatic rings. The van der Waals surface area contributed by atoms with Gasteiger partial charge in [-0.1, -0.05) is 36.7 Å². The average molecular weight is 369 g/mol. The summed E-state index contributed by atoms with van der Waals surface area (Å²) >= 11 is 6.37. The first kappa shape index (κ1) is 17.1. The van der Waals surface area contributed by atoms with Gasteiger partial charge in [0, 0.05) is 34.3 Å². The van der Waals surface area contributed by atoms with Crippen LogP contribution in [0.5, 0.6) is 0 Å². The molecule has 4 rings (SSSR count). The van der Waals surface area contributed by atoms with E-state index in [-0.39, 0.29) is 11.9 Å². The lowest BCUT2D eigenvalue weighted by molar-refractivity contribution is 0.0935. The second kappa shape index (κ2) is 7.09. The van der Waals surface area contributed by atoms with Gasteiger partial charge in [-0.05, 0) is 42.7 Å². The number of H-pyrrole nitrogens is 1. The van der Waals surface area contributed by atoms with Gasteiger partial charge in [-0.15, -0.1) is 0 Å². The Morgan fingerprint density at radius 2 is 2.15 bits per heavy atom. The van der Waals surface area contributed by atoms with Crippen LogP contribution in [0.15, 0.2) is 42.5 Å². The molecule has 0 radical (unpaired) electrons. The monoisotopic (exact) mass is 368 g/mol. The molecule has 3 aromatic rings. The molecule has 1 saturated heterocycles. The van der Waals surface area contributed by atoms with Gasteiger partial charge in [0.05, 0.1) is 11.6 Å². The van der Waals surface area contributed by atoms with E-state index in [4.69, 9.17) is 11.6 Å². The van der Waals surface area contributed by atoms with Crippen molar-refractivity contribution in [3.63, 3.8) is 0 Å². The molecule has 5 nitrogen and oxygen atoms in total. The molecule has 3 N–H and O–H groups in total. The lowest BCUT2D eigenvalue weighted by atomic mass is 10.0. The number of aryl methyl sites for hydroxylation is 1.